The third-order valence-corrected chi connectivity index (χ3v) is 6.16. The van der Waals surface area contributed by atoms with Gasteiger partial charge in [0, 0.05) is 28.3 Å². The number of nitrogens with one attached hydrogen (secondary N) is 1. The lowest BCUT2D eigenvalue weighted by molar-refractivity contribution is 0.103. The number of hydrogen-bond donors (Lipinski definition) is 1. The van der Waals surface area contributed by atoms with Crippen molar-refractivity contribution in [3.8, 4) is 11.3 Å². The maximum Gasteiger partial charge on any atom is 0.265 e. The van der Waals surface area contributed by atoms with Gasteiger partial charge in [-0.25, -0.2) is 4.98 Å². The highest BCUT2D eigenvalue weighted by atomic mass is 32.1. The number of amides is 1. The number of benzene rings is 2. The summed E-state index contributed by atoms with van der Waals surface area (Å²) in [5.74, 6) is -0.0860. The summed E-state index contributed by atoms with van der Waals surface area (Å²) in [4.78, 5) is 18.3. The van der Waals surface area contributed by atoms with Gasteiger partial charge in [-0.15, -0.1) is 11.3 Å². The summed E-state index contributed by atoms with van der Waals surface area (Å²) < 4.78 is 3.13. The van der Waals surface area contributed by atoms with E-state index < -0.39 is 0 Å². The number of nitrogens with zero attached hydrogens (tertiary/aromatic N) is 2. The van der Waals surface area contributed by atoms with Crippen molar-refractivity contribution in [1.82, 2.24) is 9.38 Å². The quantitative estimate of drug-likeness (QED) is 0.401. The summed E-state index contributed by atoms with van der Waals surface area (Å²) >= 11 is 1.51. The molecule has 0 bridgehead atoms. The van der Waals surface area contributed by atoms with E-state index in [1.54, 1.807) is 0 Å². The molecule has 1 amide bonds. The van der Waals surface area contributed by atoms with Crippen molar-refractivity contribution in [2.24, 2.45) is 0 Å². The number of hydrogen-bond acceptors (Lipinski definition) is 3. The first-order chi connectivity index (χ1) is 14.1. The standard InChI is InChI=1S/C24H19N3OS/c1-15-9-10-27-14-20(25-23(27)11-15)17-8-7-16(2)19(12-17)26-24(28)22-13-18-5-3-4-6-21(18)29-22/h3-14H,1-2H3,(H,26,28). The van der Waals surface area contributed by atoms with Crippen molar-refractivity contribution in [2.45, 2.75) is 13.8 Å². The van der Waals surface area contributed by atoms with Gasteiger partial charge in [0.25, 0.3) is 5.91 Å². The predicted octanol–water partition coefficient (Wildman–Crippen LogP) is 6.09. The van der Waals surface area contributed by atoms with Gasteiger partial charge in [-0.3, -0.25) is 4.79 Å². The SMILES string of the molecule is Cc1ccn2cc(-c3ccc(C)c(NC(=O)c4cc5ccccc5s4)c3)nc2c1. The van der Waals surface area contributed by atoms with Crippen molar-refractivity contribution >= 4 is 38.7 Å². The zero-order chi connectivity index (χ0) is 20.0. The Bertz CT molecular complexity index is 1350. The Hall–Kier alpha value is -3.44. The molecule has 0 aliphatic carbocycles. The zero-order valence-corrected chi connectivity index (χ0v) is 17.0. The predicted molar refractivity (Wildman–Crippen MR) is 120 cm³/mol. The molecule has 3 aromatic heterocycles. The van der Waals surface area contributed by atoms with Gasteiger partial charge in [0.2, 0.25) is 0 Å². The zero-order valence-electron chi connectivity index (χ0n) is 16.1. The second-order valence-electron chi connectivity index (χ2n) is 7.23. The summed E-state index contributed by atoms with van der Waals surface area (Å²) in [6.45, 7) is 4.05. The average molecular weight is 398 g/mol. The van der Waals surface area contributed by atoms with Crippen LogP contribution >= 0.6 is 11.3 Å². The van der Waals surface area contributed by atoms with Gasteiger partial charge in [-0.05, 0) is 60.7 Å². The van der Waals surface area contributed by atoms with E-state index in [9.17, 15) is 4.79 Å². The number of carbonyl (C=O) groups is 1. The van der Waals surface area contributed by atoms with E-state index >= 15 is 0 Å². The number of fused-ring (bicyclic) bond motifs is 2. The highest BCUT2D eigenvalue weighted by Gasteiger charge is 2.13. The summed E-state index contributed by atoms with van der Waals surface area (Å²) in [6, 6.07) is 20.2. The molecule has 0 unspecified atom stereocenters. The minimum absolute atomic E-state index is 0.0860. The summed E-state index contributed by atoms with van der Waals surface area (Å²) in [7, 11) is 0. The maximum absolute atomic E-state index is 12.8. The van der Waals surface area contributed by atoms with Crippen molar-refractivity contribution in [2.75, 3.05) is 5.32 Å². The molecule has 142 valence electrons. The van der Waals surface area contributed by atoms with E-state index in [0.717, 1.165) is 38.2 Å². The molecule has 4 nitrogen and oxygen atoms in total. The van der Waals surface area contributed by atoms with E-state index in [2.05, 4.69) is 24.4 Å². The van der Waals surface area contributed by atoms with Gasteiger partial charge in [-0.1, -0.05) is 30.3 Å². The molecule has 0 radical (unpaired) electrons. The van der Waals surface area contributed by atoms with Gasteiger partial charge in [0.05, 0.1) is 10.6 Å². The topological polar surface area (TPSA) is 46.4 Å². The van der Waals surface area contributed by atoms with Crippen LogP contribution in [0.1, 0.15) is 20.8 Å². The van der Waals surface area contributed by atoms with Gasteiger partial charge in [-0.2, -0.15) is 0 Å². The molecular weight excluding hydrogens is 378 g/mol. The van der Waals surface area contributed by atoms with Crippen LogP contribution in [0.2, 0.25) is 0 Å². The van der Waals surface area contributed by atoms with Gasteiger partial charge in [0.1, 0.15) is 5.65 Å². The fourth-order valence-corrected chi connectivity index (χ4v) is 4.37. The molecule has 5 rings (SSSR count). The first-order valence-corrected chi connectivity index (χ1v) is 10.2. The fraction of sp³-hybridized carbons (Fsp3) is 0.0833. The van der Waals surface area contributed by atoms with Crippen molar-refractivity contribution < 1.29 is 4.79 Å². The Labute approximate surface area is 172 Å². The van der Waals surface area contributed by atoms with E-state index in [1.165, 1.54) is 16.9 Å². The highest BCUT2D eigenvalue weighted by molar-refractivity contribution is 7.20. The number of rotatable bonds is 3. The smallest absolute Gasteiger partial charge is 0.265 e. The third-order valence-electron chi connectivity index (χ3n) is 5.05. The Morgan fingerprint density at radius 3 is 2.76 bits per heavy atom. The van der Waals surface area contributed by atoms with Gasteiger partial charge < -0.3 is 9.72 Å². The Morgan fingerprint density at radius 2 is 1.90 bits per heavy atom. The number of pyridine rings is 1. The second-order valence-corrected chi connectivity index (χ2v) is 8.31. The summed E-state index contributed by atoms with van der Waals surface area (Å²) in [6.07, 6.45) is 4.02. The van der Waals surface area contributed by atoms with Crippen LogP contribution in [0.5, 0.6) is 0 Å². The van der Waals surface area contributed by atoms with Crippen LogP contribution in [-0.4, -0.2) is 15.3 Å². The Kier molecular flexibility index (Phi) is 4.18. The Morgan fingerprint density at radius 1 is 1.03 bits per heavy atom. The molecule has 0 aliphatic rings. The lowest BCUT2D eigenvalue weighted by atomic mass is 10.1. The van der Waals surface area contributed by atoms with Gasteiger partial charge in [0.15, 0.2) is 0 Å². The average Bonchev–Trinajstić information content (AvgIpc) is 3.33. The summed E-state index contributed by atoms with van der Waals surface area (Å²) in [5, 5.41) is 4.17. The highest BCUT2D eigenvalue weighted by Crippen LogP contribution is 2.28. The first kappa shape index (κ1) is 17.6. The van der Waals surface area contributed by atoms with E-state index in [1.807, 2.05) is 72.2 Å². The van der Waals surface area contributed by atoms with Crippen molar-refractivity contribution in [3.05, 3.63) is 89.1 Å². The van der Waals surface area contributed by atoms with E-state index in [4.69, 9.17) is 4.98 Å². The molecule has 2 aromatic carbocycles. The number of carbonyl (C=O) groups excluding carboxylic acids is 1. The summed E-state index contributed by atoms with van der Waals surface area (Å²) in [5.41, 5.74) is 5.77. The molecule has 3 heterocycles. The minimum atomic E-state index is -0.0860. The molecule has 1 N–H and O–H groups in total. The second kappa shape index (κ2) is 6.87. The molecule has 0 spiro atoms. The van der Waals surface area contributed by atoms with Crippen LogP contribution in [0.25, 0.3) is 27.0 Å². The fourth-order valence-electron chi connectivity index (χ4n) is 3.42. The van der Waals surface area contributed by atoms with Crippen LogP contribution in [-0.2, 0) is 0 Å². The van der Waals surface area contributed by atoms with Gasteiger partial charge >= 0.3 is 0 Å². The minimum Gasteiger partial charge on any atom is -0.321 e. The van der Waals surface area contributed by atoms with Crippen LogP contribution in [0.3, 0.4) is 0 Å². The number of thiophene rings is 1. The van der Waals surface area contributed by atoms with E-state index in [-0.39, 0.29) is 5.91 Å². The molecule has 0 atom stereocenters. The molecule has 5 aromatic rings. The normalized spacial score (nSPS) is 11.2. The van der Waals surface area contributed by atoms with Crippen LogP contribution in [0.15, 0.2) is 73.1 Å². The molecular formula is C24H19N3OS. The van der Waals surface area contributed by atoms with Crippen LogP contribution in [0, 0.1) is 13.8 Å². The number of imidazole rings is 1. The van der Waals surface area contributed by atoms with Crippen molar-refractivity contribution in [1.29, 1.82) is 0 Å². The lowest BCUT2D eigenvalue weighted by Crippen LogP contribution is -2.11. The number of anilines is 1. The molecule has 0 fully saturated rings. The molecule has 0 saturated carbocycles. The van der Waals surface area contributed by atoms with E-state index in [0.29, 0.717) is 4.88 Å². The number of aryl methyl sites for hydroxylation is 2. The molecule has 29 heavy (non-hydrogen) atoms. The third kappa shape index (κ3) is 3.30. The molecule has 5 heteroatoms. The number of aromatic nitrogens is 2. The van der Waals surface area contributed by atoms with Crippen LogP contribution in [0.4, 0.5) is 5.69 Å². The van der Waals surface area contributed by atoms with Crippen molar-refractivity contribution in [3.63, 3.8) is 0 Å². The Balaban J connectivity index is 1.47. The first-order valence-electron chi connectivity index (χ1n) is 9.43. The largest absolute Gasteiger partial charge is 0.321 e. The maximum atomic E-state index is 12.8. The molecule has 0 aliphatic heterocycles. The monoisotopic (exact) mass is 397 g/mol. The van der Waals surface area contributed by atoms with Crippen LogP contribution < -0.4 is 5.32 Å². The lowest BCUT2D eigenvalue weighted by Gasteiger charge is -2.09. The molecule has 0 saturated heterocycles.